The van der Waals surface area contributed by atoms with E-state index in [0.29, 0.717) is 113 Å². The summed E-state index contributed by atoms with van der Waals surface area (Å²) in [5.74, 6) is 1.63. The Morgan fingerprint density at radius 2 is 0.837 bits per heavy atom. The third-order valence-electron chi connectivity index (χ3n) is 19.9. The van der Waals surface area contributed by atoms with Gasteiger partial charge in [0.25, 0.3) is 0 Å². The minimum Gasteiger partial charge on any atom is -0.423 e. The topological polar surface area (TPSA) is 206 Å². The summed E-state index contributed by atoms with van der Waals surface area (Å²) in [7, 11) is 0. The fraction of sp³-hybridized carbons (Fsp3) is 0.467. The predicted octanol–water partition coefficient (Wildman–Crippen LogP) is 20.4. The van der Waals surface area contributed by atoms with Gasteiger partial charge in [0.05, 0.1) is 13.2 Å². The minimum absolute atomic E-state index is 0.00657. The largest absolute Gasteiger partial charge is 0.423 e. The molecule has 5 N–H and O–H groups in total. The van der Waals surface area contributed by atoms with Crippen LogP contribution in [0.3, 0.4) is 0 Å². The number of aliphatic hydroxyl groups excluding tert-OH is 5. The summed E-state index contributed by atoms with van der Waals surface area (Å²) in [6.07, 6.45) is 26.7. The quantitative estimate of drug-likeness (QED) is 0.0108. The maximum atomic E-state index is 16.3. The molecule has 6 aromatic rings. The van der Waals surface area contributed by atoms with Crippen molar-refractivity contribution in [3.63, 3.8) is 0 Å². The van der Waals surface area contributed by atoms with Gasteiger partial charge < -0.3 is 44.5 Å². The van der Waals surface area contributed by atoms with Gasteiger partial charge in [0.1, 0.15) is 28.8 Å². The molecule has 6 aromatic carbocycles. The number of hydrogen-bond acceptors (Lipinski definition) is 13. The Balaban J connectivity index is 0.000000311. The van der Waals surface area contributed by atoms with Crippen LogP contribution in [0.2, 0.25) is 0 Å². The van der Waals surface area contributed by atoms with E-state index >= 15 is 4.39 Å². The predicted molar refractivity (Wildman–Crippen MR) is 418 cm³/mol. The first-order valence-corrected chi connectivity index (χ1v) is 38.1. The van der Waals surface area contributed by atoms with Crippen LogP contribution in [0, 0.1) is 24.6 Å². The summed E-state index contributed by atoms with van der Waals surface area (Å²) in [6, 6.07) is 33.1. The van der Waals surface area contributed by atoms with Crippen LogP contribution in [0.25, 0.3) is 44.5 Å². The van der Waals surface area contributed by atoms with E-state index < -0.39 is 23.9 Å². The molecule has 14 heteroatoms. The third-order valence-corrected chi connectivity index (χ3v) is 19.9. The van der Waals surface area contributed by atoms with Gasteiger partial charge in [-0.15, -0.1) is 0 Å². The lowest BCUT2D eigenvalue weighted by molar-refractivity contribution is -0.131. The van der Waals surface area contributed by atoms with Crippen LogP contribution in [-0.4, -0.2) is 82.4 Å². The number of aliphatic hydroxyl groups is 5. The molecule has 13 nitrogen and oxygen atoms in total. The van der Waals surface area contributed by atoms with Gasteiger partial charge in [-0.3, -0.25) is 0 Å². The number of unbranched alkanes of at least 4 members (excludes halogenated alkanes) is 8. The minimum atomic E-state index is -0.589. The van der Waals surface area contributed by atoms with Crippen LogP contribution in [0.4, 0.5) is 4.39 Å². The summed E-state index contributed by atoms with van der Waals surface area (Å²) in [4.78, 5) is 50.9. The van der Waals surface area contributed by atoms with Crippen LogP contribution < -0.4 is 18.9 Å². The summed E-state index contributed by atoms with van der Waals surface area (Å²) in [6.45, 7) is 28.1. The normalized spacial score (nSPS) is 15.5. The van der Waals surface area contributed by atoms with Crippen LogP contribution in [-0.2, 0) is 38.4 Å². The van der Waals surface area contributed by atoms with Crippen molar-refractivity contribution in [2.24, 2.45) is 11.8 Å². The van der Waals surface area contributed by atoms with Gasteiger partial charge in [0.2, 0.25) is 0 Å². The number of carbonyl (C=O) groups excluding carboxylic acids is 4. The van der Waals surface area contributed by atoms with Crippen molar-refractivity contribution in [2.75, 3.05) is 33.0 Å². The first kappa shape index (κ1) is 84.8. The lowest BCUT2D eigenvalue weighted by Gasteiger charge is -2.29. The molecule has 104 heavy (non-hydrogen) atoms. The third kappa shape index (κ3) is 26.5. The van der Waals surface area contributed by atoms with Gasteiger partial charge in [-0.05, 0) is 277 Å². The molecule has 0 aliphatic heterocycles. The van der Waals surface area contributed by atoms with Crippen molar-refractivity contribution >= 4 is 23.9 Å². The van der Waals surface area contributed by atoms with Crippen molar-refractivity contribution in [1.29, 1.82) is 0 Å². The van der Waals surface area contributed by atoms with E-state index in [9.17, 15) is 34.5 Å². The van der Waals surface area contributed by atoms with Crippen LogP contribution in [0.15, 0.2) is 152 Å². The van der Waals surface area contributed by atoms with Crippen molar-refractivity contribution < 1.29 is 68.0 Å². The highest BCUT2D eigenvalue weighted by molar-refractivity contribution is 5.93. The molecule has 0 radical (unpaired) electrons. The van der Waals surface area contributed by atoms with Crippen molar-refractivity contribution in [3.05, 3.63) is 191 Å². The monoisotopic (exact) mass is 1420 g/mol. The number of halogens is 1. The molecule has 2 aliphatic rings. The zero-order valence-corrected chi connectivity index (χ0v) is 63.3. The second-order valence-corrected chi connectivity index (χ2v) is 28.7. The number of ether oxygens (including phenoxy) is 4. The Labute approximate surface area is 619 Å². The Hall–Kier alpha value is -8.11. The summed E-state index contributed by atoms with van der Waals surface area (Å²) in [5.41, 5.74) is 13.3. The number of carbonyl (C=O) groups is 4. The smallest absolute Gasteiger partial charge is 0.338 e. The average molecular weight is 1430 g/mol. The molecule has 0 spiro atoms. The van der Waals surface area contributed by atoms with Gasteiger partial charge in [0, 0.05) is 58.8 Å². The molecule has 2 saturated carbocycles. The van der Waals surface area contributed by atoms with E-state index in [1.54, 1.807) is 58.0 Å². The molecule has 0 heterocycles. The van der Waals surface area contributed by atoms with E-state index in [1.165, 1.54) is 101 Å². The SMILES string of the molecule is C=C(C)C(=O)Oc1cc(CCCO)cc(-c2cc(-c3ccc(C4CCC(CCCCC)CC4)cc3F)cc(OC(=O)C(=C)C)c2CCCCCO)c1.C=C(C)C(=O)Oc1cccc(-c2cc(-c3ccc(C4CCC(CCCCC)CC4)cc3C)cc(OC(=O)C(=C)C)c2CCCCCO)c1.OCCO. The Kier molecular flexibility index (Phi) is 36.4. The van der Waals surface area contributed by atoms with Crippen LogP contribution in [0.5, 0.6) is 23.0 Å². The second-order valence-electron chi connectivity index (χ2n) is 28.7. The number of rotatable bonds is 36. The molecule has 0 aromatic heterocycles. The molecule has 8 rings (SSSR count). The van der Waals surface area contributed by atoms with Gasteiger partial charge in [-0.25, -0.2) is 23.6 Å². The molecule has 0 unspecified atom stereocenters. The molecular weight excluding hydrogens is 1310 g/mol. The highest BCUT2D eigenvalue weighted by Crippen LogP contribution is 2.45. The van der Waals surface area contributed by atoms with E-state index in [1.807, 2.05) is 48.5 Å². The first-order valence-electron chi connectivity index (χ1n) is 38.1. The van der Waals surface area contributed by atoms with Gasteiger partial charge in [-0.1, -0.05) is 153 Å². The summed E-state index contributed by atoms with van der Waals surface area (Å²) >= 11 is 0. The molecule has 0 bridgehead atoms. The van der Waals surface area contributed by atoms with Crippen molar-refractivity contribution in [3.8, 4) is 67.5 Å². The summed E-state index contributed by atoms with van der Waals surface area (Å²) in [5, 5.41) is 43.7. The lowest BCUT2D eigenvalue weighted by Crippen LogP contribution is -2.13. The maximum Gasteiger partial charge on any atom is 0.338 e. The average Bonchev–Trinajstić information content (AvgIpc) is 0.781. The van der Waals surface area contributed by atoms with Crippen molar-refractivity contribution in [2.45, 2.75) is 227 Å². The summed E-state index contributed by atoms with van der Waals surface area (Å²) < 4.78 is 39.6. The highest BCUT2D eigenvalue weighted by atomic mass is 19.1. The van der Waals surface area contributed by atoms with Crippen LogP contribution in [0.1, 0.15) is 234 Å². The Bertz CT molecular complexity index is 3820. The maximum absolute atomic E-state index is 16.3. The number of hydrogen-bond donors (Lipinski definition) is 5. The van der Waals surface area contributed by atoms with Gasteiger partial charge >= 0.3 is 23.9 Å². The molecule has 0 atom stereocenters. The first-order chi connectivity index (χ1) is 50.1. The fourth-order valence-corrected chi connectivity index (χ4v) is 14.0. The molecule has 2 fully saturated rings. The zero-order chi connectivity index (χ0) is 75.7. The number of aryl methyl sites for hydroxylation is 2. The zero-order valence-electron chi connectivity index (χ0n) is 63.3. The molecular formula is C90H117FO13. The Morgan fingerprint density at radius 3 is 1.29 bits per heavy atom. The lowest BCUT2D eigenvalue weighted by atomic mass is 9.76. The van der Waals surface area contributed by atoms with E-state index in [4.69, 9.17) is 29.2 Å². The molecule has 0 saturated heterocycles. The molecule has 0 amide bonds. The molecule has 562 valence electrons. The standard InChI is InChI=1S/C45H57FO6.C43H54O5.C2H6O2/c1-6-7-9-13-32-16-18-34(19-17-32)35-20-21-39(42(46)28-35)37-27-41(40(15-10-8-11-22-47)43(29-37)52-45(50)31(4)5)36-24-33(14-12-23-48)25-38(26-36)51-44(49)30(2)3;1-7-8-10-14-32-18-20-33(21-19-32)34-22-23-38(31(6)25-34)36-27-40(35-15-13-16-37(26-35)47-42(45)29(2)3)39(17-11-9-12-24-44)41(28-36)48-43(46)30(4)5;3-1-2-4/h20-21,24-29,32,34,47-48H,2,4,6-19,22-23H2,1,3,5H3;13,15-16,22-23,25-28,32-33,44H,2,4,7-12,14,17-21,24H2,1,3,5-6H3;3-4H,1-2H2. The van der Waals surface area contributed by atoms with E-state index in [-0.39, 0.29) is 50.0 Å². The highest BCUT2D eigenvalue weighted by Gasteiger charge is 2.27. The van der Waals surface area contributed by atoms with Crippen molar-refractivity contribution in [1.82, 2.24) is 0 Å². The second kappa shape index (κ2) is 44.6. The van der Waals surface area contributed by atoms with Gasteiger partial charge in [0.15, 0.2) is 0 Å². The number of benzene rings is 6. The number of esters is 4. The van der Waals surface area contributed by atoms with Gasteiger partial charge in [-0.2, -0.15) is 0 Å². The van der Waals surface area contributed by atoms with E-state index in [0.717, 1.165) is 88.4 Å². The van der Waals surface area contributed by atoms with Crippen LogP contribution >= 0.6 is 0 Å². The fourth-order valence-electron chi connectivity index (χ4n) is 14.0. The molecule has 2 aliphatic carbocycles. The Morgan fingerprint density at radius 1 is 0.404 bits per heavy atom. The van der Waals surface area contributed by atoms with E-state index in [2.05, 4.69) is 71.4 Å².